The van der Waals surface area contributed by atoms with E-state index in [-0.39, 0.29) is 28.6 Å². The Morgan fingerprint density at radius 3 is 1.53 bits per heavy atom. The highest BCUT2D eigenvalue weighted by molar-refractivity contribution is 7.99. The number of hydrogen-bond acceptors (Lipinski definition) is 21. The van der Waals surface area contributed by atoms with Crippen molar-refractivity contribution >= 4 is 126 Å². The van der Waals surface area contributed by atoms with E-state index in [1.54, 1.807) is 94.0 Å². The van der Waals surface area contributed by atoms with Crippen LogP contribution in [0.15, 0.2) is 252 Å². The summed E-state index contributed by atoms with van der Waals surface area (Å²) in [7, 11) is 0.867. The predicted molar refractivity (Wildman–Crippen MR) is 405 cm³/mol. The van der Waals surface area contributed by atoms with Gasteiger partial charge in [0.1, 0.15) is 34.3 Å². The number of fused-ring (bicyclic) bond motifs is 2. The number of nitrogens with two attached hydrogens (primary N) is 1. The summed E-state index contributed by atoms with van der Waals surface area (Å²) in [4.78, 5) is 59.5. The van der Waals surface area contributed by atoms with E-state index in [2.05, 4.69) is 81.3 Å². The Labute approximate surface area is 608 Å². The molecule has 0 bridgehead atoms. The Morgan fingerprint density at radius 2 is 1.02 bits per heavy atom. The molecule has 6 aromatic heterocycles. The lowest BCUT2D eigenvalue weighted by atomic mass is 10.1. The number of nitrogen functional groups attached to an aromatic ring is 1. The molecule has 0 atom stereocenters. The maximum atomic E-state index is 13.0. The minimum atomic E-state index is -3.90. The Kier molecular flexibility index (Phi) is 23.4. The van der Waals surface area contributed by atoms with E-state index in [0.717, 1.165) is 65.8 Å². The molecule has 0 aliphatic heterocycles. The summed E-state index contributed by atoms with van der Waals surface area (Å²) >= 11 is 4.54. The predicted octanol–water partition coefficient (Wildman–Crippen LogP) is 13.9. The smallest absolute Gasteiger partial charge is 0.263 e. The summed E-state index contributed by atoms with van der Waals surface area (Å²) in [6, 6.07) is 59.9. The molecule has 0 radical (unpaired) electrons. The summed E-state index contributed by atoms with van der Waals surface area (Å²) in [5.41, 5.74) is 16.1. The van der Waals surface area contributed by atoms with Crippen molar-refractivity contribution in [1.29, 1.82) is 0 Å². The Balaban J connectivity index is 0.000000150. The van der Waals surface area contributed by atoms with E-state index in [0.29, 0.717) is 79.1 Å². The van der Waals surface area contributed by atoms with Gasteiger partial charge in [0.15, 0.2) is 22.8 Å². The number of para-hydroxylation sites is 1. The number of sulfonamides is 1. The van der Waals surface area contributed by atoms with Crippen LogP contribution < -0.4 is 40.6 Å². The first-order chi connectivity index (χ1) is 50.7. The number of anilines is 5. The molecule has 3 amide bonds. The van der Waals surface area contributed by atoms with Crippen LogP contribution in [0.1, 0.15) is 58.9 Å². The van der Waals surface area contributed by atoms with Gasteiger partial charge in [-0.15, -0.1) is 28.6 Å². The van der Waals surface area contributed by atoms with Gasteiger partial charge in [-0.2, -0.15) is 20.3 Å². The van der Waals surface area contributed by atoms with E-state index in [4.69, 9.17) is 19.9 Å². The Bertz CT molecular complexity index is 5430. The largest absolute Gasteiger partial charge is 0.497 e. The number of hydrogen-bond donors (Lipinski definition) is 8. The van der Waals surface area contributed by atoms with E-state index < -0.39 is 10.0 Å². The summed E-state index contributed by atoms with van der Waals surface area (Å²) in [6.45, 7) is 0. The molecule has 0 unspecified atom stereocenters. The number of amides is 3. The fourth-order valence-electron chi connectivity index (χ4n) is 10.1. The van der Waals surface area contributed by atoms with E-state index in [1.807, 2.05) is 152 Å². The zero-order valence-corrected chi connectivity index (χ0v) is 58.9. The highest BCUT2D eigenvalue weighted by Gasteiger charge is 2.19. The highest BCUT2D eigenvalue weighted by atomic mass is 32.2. The maximum Gasteiger partial charge on any atom is 0.263 e. The molecule has 0 saturated carbocycles. The number of thioether (sulfide) groups is 3. The van der Waals surface area contributed by atoms with Crippen LogP contribution in [0, 0.1) is 0 Å². The van der Waals surface area contributed by atoms with Crippen LogP contribution in [-0.2, 0) is 27.3 Å². The molecule has 0 spiro atoms. The molecule has 14 rings (SSSR count). The van der Waals surface area contributed by atoms with Crippen molar-refractivity contribution in [2.24, 2.45) is 0 Å². The van der Waals surface area contributed by atoms with Crippen LogP contribution in [0.25, 0.3) is 39.9 Å². The lowest BCUT2D eigenvalue weighted by Gasteiger charge is -2.11. The molecular formula is C74H64N18O8S4. The van der Waals surface area contributed by atoms with Crippen LogP contribution >= 0.6 is 35.3 Å². The first-order valence-electron chi connectivity index (χ1n) is 31.6. The lowest BCUT2D eigenvalue weighted by Crippen LogP contribution is -2.16. The molecule has 104 heavy (non-hydrogen) atoms. The van der Waals surface area contributed by atoms with Gasteiger partial charge in [-0.05, 0) is 137 Å². The van der Waals surface area contributed by atoms with E-state index in [9.17, 15) is 22.8 Å². The van der Waals surface area contributed by atoms with Gasteiger partial charge in [-0.25, -0.2) is 38.1 Å². The quantitative estimate of drug-likeness (QED) is 0.0158. The van der Waals surface area contributed by atoms with Gasteiger partial charge < -0.3 is 35.9 Å². The molecule has 6 heterocycles. The third-order valence-electron chi connectivity index (χ3n) is 15.3. The third kappa shape index (κ3) is 18.9. The summed E-state index contributed by atoms with van der Waals surface area (Å²) < 4.78 is 45.8. The average molecular weight is 1460 g/mol. The first kappa shape index (κ1) is 71.2. The van der Waals surface area contributed by atoms with Gasteiger partial charge in [0, 0.05) is 63.1 Å². The first-order valence-corrected chi connectivity index (χ1v) is 36.1. The number of aromatic amines is 3. The topological polar surface area (TPSA) is 355 Å². The molecular weight excluding hydrogens is 1400 g/mol. The average Bonchev–Trinajstić information content (AvgIpc) is 1.75. The van der Waals surface area contributed by atoms with Crippen molar-refractivity contribution in [3.05, 3.63) is 276 Å². The van der Waals surface area contributed by atoms with Gasteiger partial charge in [0.05, 0.1) is 61.3 Å². The number of carbonyl (C=O) groups excluding carboxylic acids is 3. The zero-order chi connectivity index (χ0) is 72.2. The van der Waals surface area contributed by atoms with E-state index >= 15 is 0 Å². The number of rotatable bonds is 24. The number of nitrogens with zero attached hydrogens (tertiary/aromatic N) is 10. The molecule has 14 aromatic rings. The SMILES string of the molecule is COc1ccc(/C=C/c2ccc(NC(=O)c3cccc(CSc4ncnc5[nH]ncc45)c3)cc2)cc1.COc1ccc(NC(=O)c2cccc(CSc3n[nH]c(N)n3)c2)cc1OC.O=C(Nc1ccc(S(=O)(=O)Nc2ccnn2-c2ccccc2)cc1)c1cccc(CSc2ncnc3[nH]ncc23)c1. The molecule has 0 fully saturated rings. The molecule has 26 nitrogen and oxygen atoms in total. The summed E-state index contributed by atoms with van der Waals surface area (Å²) in [6.07, 6.45) is 12.0. The van der Waals surface area contributed by atoms with E-state index in [1.165, 1.54) is 59.2 Å². The van der Waals surface area contributed by atoms with Gasteiger partial charge in [0.2, 0.25) is 11.1 Å². The summed E-state index contributed by atoms with van der Waals surface area (Å²) in [5.74, 6) is 3.78. The number of benzene rings is 8. The molecule has 0 aliphatic rings. The van der Waals surface area contributed by atoms with Crippen molar-refractivity contribution in [2.75, 3.05) is 47.7 Å². The lowest BCUT2D eigenvalue weighted by molar-refractivity contribution is 0.101. The molecule has 9 N–H and O–H groups in total. The third-order valence-corrected chi connectivity index (χ3v) is 19.7. The zero-order valence-electron chi connectivity index (χ0n) is 55.7. The fraction of sp³-hybridized carbons (Fsp3) is 0.0811. The second-order valence-corrected chi connectivity index (χ2v) is 26.9. The summed E-state index contributed by atoms with van der Waals surface area (Å²) in [5, 5.41) is 37.1. The molecule has 30 heteroatoms. The normalized spacial score (nSPS) is 11.1. The Morgan fingerprint density at radius 1 is 0.519 bits per heavy atom. The number of aromatic nitrogens is 13. The van der Waals surface area contributed by atoms with Gasteiger partial charge in [0.25, 0.3) is 27.7 Å². The standard InChI is InChI=1S/C28H22N8O3S2.C28H23N5O2S.C18H19N5O3S/c37-27(20-6-4-5-19(15-20)17-40-28-24-16-31-34-26(24)29-18-30-28)33-21-9-11-23(12-10-21)41(38,39)35-25-13-14-32-36(25)22-7-2-1-3-8-22;1-35-24-13-9-20(10-14-24)6-5-19-7-11-23(12-8-19)32-27(34)22-4-2-3-21(15-22)17-36-28-25-16-31-33-26(25)29-18-30-28;1-25-14-7-6-13(9-15(14)26-2)20-16(24)12-5-3-4-11(8-12)10-27-18-21-17(19)22-23-18/h1-16,18,35H,17H2,(H,33,37)(H,29,30,31,34);2-16,18H,17H2,1H3,(H,32,34)(H,29,30,31,33);3-9H,10H2,1-2H3,(H,20,24)(H3,19,21,22,23)/b;6-5+;. The number of carbonyl (C=O) groups is 3. The van der Waals surface area contributed by atoms with Crippen molar-refractivity contribution in [1.82, 2.24) is 65.3 Å². The van der Waals surface area contributed by atoms with Crippen LogP contribution in [0.5, 0.6) is 17.2 Å². The fourth-order valence-corrected chi connectivity index (χ4v) is 13.7. The molecule has 522 valence electrons. The van der Waals surface area contributed by atoms with Crippen molar-refractivity contribution in [2.45, 2.75) is 37.4 Å². The molecule has 0 aliphatic carbocycles. The van der Waals surface area contributed by atoms with Crippen molar-refractivity contribution in [3.63, 3.8) is 0 Å². The van der Waals surface area contributed by atoms with Crippen LogP contribution in [0.2, 0.25) is 0 Å². The van der Waals surface area contributed by atoms with Gasteiger partial charge in [-0.1, -0.05) is 103 Å². The van der Waals surface area contributed by atoms with Crippen molar-refractivity contribution in [3.8, 4) is 22.9 Å². The highest BCUT2D eigenvalue weighted by Crippen LogP contribution is 2.32. The van der Waals surface area contributed by atoms with Crippen LogP contribution in [0.3, 0.4) is 0 Å². The van der Waals surface area contributed by atoms with Crippen molar-refractivity contribution < 1.29 is 37.0 Å². The number of nitrogens with one attached hydrogen (secondary N) is 7. The van der Waals surface area contributed by atoms with Crippen LogP contribution in [0.4, 0.5) is 28.8 Å². The Hall–Kier alpha value is -12.6. The number of H-pyrrole nitrogens is 3. The minimum Gasteiger partial charge on any atom is -0.497 e. The number of methoxy groups -OCH3 is 3. The van der Waals surface area contributed by atoms with Gasteiger partial charge >= 0.3 is 0 Å². The molecule has 8 aromatic carbocycles. The molecule has 0 saturated heterocycles. The maximum absolute atomic E-state index is 13.0. The number of ether oxygens (including phenoxy) is 3. The van der Waals surface area contributed by atoms with Gasteiger partial charge in [-0.3, -0.25) is 29.3 Å². The van der Waals surface area contributed by atoms with Crippen LogP contribution in [-0.4, -0.2) is 113 Å². The second kappa shape index (κ2) is 34.1. The monoisotopic (exact) mass is 1460 g/mol. The second-order valence-electron chi connectivity index (χ2n) is 22.3. The minimum absolute atomic E-state index is 0.0479.